The summed E-state index contributed by atoms with van der Waals surface area (Å²) in [5.74, 6) is 0.653. The number of quaternary nitrogens is 1. The molecule has 2 aliphatic rings. The zero-order valence-corrected chi connectivity index (χ0v) is 15.7. The van der Waals surface area contributed by atoms with E-state index in [9.17, 15) is 8.42 Å². The largest absolute Gasteiger partial charge is 0.497 e. The van der Waals surface area contributed by atoms with Gasteiger partial charge in [-0.15, -0.1) is 0 Å². The Morgan fingerprint density at radius 2 is 1.76 bits per heavy atom. The van der Waals surface area contributed by atoms with Crippen LogP contribution in [0.3, 0.4) is 0 Å². The maximum Gasteiger partial charge on any atom is 0.240 e. The molecule has 140 valence electrons. The average Bonchev–Trinajstić information content (AvgIpc) is 2.68. The molecule has 1 saturated carbocycles. The predicted octanol–water partition coefficient (Wildman–Crippen LogP) is 0.592. The third-order valence-electron chi connectivity index (χ3n) is 5.63. The Hall–Kier alpha value is -1.15. The number of hydrogen-bond acceptors (Lipinski definition) is 4. The molecule has 1 saturated heterocycles. The number of rotatable bonds is 6. The molecular formula is C18H29N2O4S+. The first-order valence-electron chi connectivity index (χ1n) is 9.12. The fourth-order valence-corrected chi connectivity index (χ4v) is 5.23. The van der Waals surface area contributed by atoms with Crippen molar-refractivity contribution in [2.45, 2.75) is 42.5 Å². The summed E-state index contributed by atoms with van der Waals surface area (Å²) in [4.78, 5) is 1.78. The molecule has 2 N–H and O–H groups in total. The smallest absolute Gasteiger partial charge is 0.240 e. The van der Waals surface area contributed by atoms with E-state index in [4.69, 9.17) is 9.47 Å². The highest BCUT2D eigenvalue weighted by Crippen LogP contribution is 2.26. The second kappa shape index (κ2) is 8.03. The summed E-state index contributed by atoms with van der Waals surface area (Å²) >= 11 is 0. The fraction of sp³-hybridized carbons (Fsp3) is 0.667. The predicted molar refractivity (Wildman–Crippen MR) is 95.5 cm³/mol. The van der Waals surface area contributed by atoms with Crippen molar-refractivity contribution in [2.75, 3.05) is 40.0 Å². The van der Waals surface area contributed by atoms with Crippen molar-refractivity contribution in [1.29, 1.82) is 0 Å². The Bertz CT molecular complexity index is 648. The van der Waals surface area contributed by atoms with Crippen LogP contribution < -0.4 is 14.4 Å². The van der Waals surface area contributed by atoms with Crippen molar-refractivity contribution in [3.63, 3.8) is 0 Å². The fourth-order valence-electron chi connectivity index (χ4n) is 4.10. The van der Waals surface area contributed by atoms with E-state index in [1.807, 2.05) is 0 Å². The van der Waals surface area contributed by atoms with Crippen LogP contribution in [-0.4, -0.2) is 53.9 Å². The lowest BCUT2D eigenvalue weighted by atomic mass is 9.80. The summed E-state index contributed by atoms with van der Waals surface area (Å²) in [7, 11) is -1.94. The molecule has 0 atom stereocenters. The van der Waals surface area contributed by atoms with Crippen LogP contribution in [0.4, 0.5) is 0 Å². The van der Waals surface area contributed by atoms with Crippen LogP contribution in [0.25, 0.3) is 0 Å². The molecule has 6 nitrogen and oxygen atoms in total. The van der Waals surface area contributed by atoms with E-state index in [0.29, 0.717) is 12.3 Å². The lowest BCUT2D eigenvalue weighted by Crippen LogP contribution is -3.23. The number of morpholine rings is 1. The molecule has 0 amide bonds. The van der Waals surface area contributed by atoms with Crippen molar-refractivity contribution in [3.05, 3.63) is 24.3 Å². The van der Waals surface area contributed by atoms with E-state index < -0.39 is 10.0 Å². The molecule has 1 aliphatic heterocycles. The minimum atomic E-state index is -3.51. The molecule has 7 heteroatoms. The summed E-state index contributed by atoms with van der Waals surface area (Å²) in [6, 6.07) is 6.54. The summed E-state index contributed by atoms with van der Waals surface area (Å²) in [5, 5.41) is 0. The van der Waals surface area contributed by atoms with Gasteiger partial charge in [0.25, 0.3) is 0 Å². The lowest BCUT2D eigenvalue weighted by Gasteiger charge is -2.44. The second-order valence-corrected chi connectivity index (χ2v) is 8.82. The minimum absolute atomic E-state index is 0.00156. The maximum atomic E-state index is 12.7. The van der Waals surface area contributed by atoms with Gasteiger partial charge in [0.1, 0.15) is 24.4 Å². The number of benzene rings is 1. The number of hydrogen-bond donors (Lipinski definition) is 2. The van der Waals surface area contributed by atoms with Gasteiger partial charge >= 0.3 is 0 Å². The summed E-state index contributed by atoms with van der Waals surface area (Å²) < 4.78 is 38.9. The van der Waals surface area contributed by atoms with Crippen molar-refractivity contribution in [2.24, 2.45) is 0 Å². The summed E-state index contributed by atoms with van der Waals surface area (Å²) in [6.07, 6.45) is 5.75. The zero-order valence-electron chi connectivity index (χ0n) is 14.9. The first-order valence-corrected chi connectivity index (χ1v) is 10.6. The van der Waals surface area contributed by atoms with Gasteiger partial charge in [-0.25, -0.2) is 13.1 Å². The van der Waals surface area contributed by atoms with E-state index in [-0.39, 0.29) is 10.4 Å². The molecule has 1 aromatic carbocycles. The first-order chi connectivity index (χ1) is 12.1. The van der Waals surface area contributed by atoms with Gasteiger partial charge in [0.05, 0.1) is 31.8 Å². The van der Waals surface area contributed by atoms with E-state index in [1.54, 1.807) is 31.4 Å². The quantitative estimate of drug-likeness (QED) is 0.770. The third-order valence-corrected chi connectivity index (χ3v) is 7.04. The van der Waals surface area contributed by atoms with Crippen LogP contribution in [0.5, 0.6) is 5.75 Å². The Morgan fingerprint density at radius 3 is 2.36 bits per heavy atom. The standard InChI is InChI=1S/C18H28N2O4S/c1-23-16-5-7-17(8-6-16)25(21,22)19-15-18(9-3-2-4-10-18)20-11-13-24-14-12-20/h5-8,19H,2-4,9-15H2,1H3/p+1. The second-order valence-electron chi connectivity index (χ2n) is 7.06. The topological polar surface area (TPSA) is 69.1 Å². The first kappa shape index (κ1) is 18.6. The molecule has 0 radical (unpaired) electrons. The van der Waals surface area contributed by atoms with Gasteiger partial charge in [0.15, 0.2) is 0 Å². The van der Waals surface area contributed by atoms with E-state index in [1.165, 1.54) is 24.2 Å². The SMILES string of the molecule is COc1ccc(S(=O)(=O)NCC2([NH+]3CCOCC3)CCCCC2)cc1. The highest BCUT2D eigenvalue weighted by molar-refractivity contribution is 7.89. The third kappa shape index (κ3) is 4.34. The van der Waals surface area contributed by atoms with Gasteiger partial charge in [0, 0.05) is 12.8 Å². The Kier molecular flexibility index (Phi) is 5.99. The molecule has 1 heterocycles. The van der Waals surface area contributed by atoms with Gasteiger partial charge in [-0.05, 0) is 37.1 Å². The van der Waals surface area contributed by atoms with Crippen molar-refractivity contribution < 1.29 is 22.8 Å². The molecule has 0 spiro atoms. The molecule has 3 rings (SSSR count). The van der Waals surface area contributed by atoms with Crippen LogP contribution in [0, 0.1) is 0 Å². The Morgan fingerprint density at radius 1 is 1.12 bits per heavy atom. The van der Waals surface area contributed by atoms with Crippen LogP contribution in [-0.2, 0) is 14.8 Å². The van der Waals surface area contributed by atoms with Gasteiger partial charge in [-0.3, -0.25) is 0 Å². The van der Waals surface area contributed by atoms with E-state index in [2.05, 4.69) is 4.72 Å². The molecule has 1 aliphatic carbocycles. The van der Waals surface area contributed by atoms with Crippen LogP contribution in [0.1, 0.15) is 32.1 Å². The van der Waals surface area contributed by atoms with Gasteiger partial charge in [-0.1, -0.05) is 6.42 Å². The van der Waals surface area contributed by atoms with Crippen molar-refractivity contribution >= 4 is 10.0 Å². The maximum absolute atomic E-state index is 12.7. The highest BCUT2D eigenvalue weighted by atomic mass is 32.2. The van der Waals surface area contributed by atoms with Crippen LogP contribution >= 0.6 is 0 Å². The zero-order chi connectivity index (χ0) is 17.8. The van der Waals surface area contributed by atoms with Gasteiger partial charge < -0.3 is 14.4 Å². The Balaban J connectivity index is 1.73. The van der Waals surface area contributed by atoms with Crippen molar-refractivity contribution in [3.8, 4) is 5.75 Å². The molecule has 25 heavy (non-hydrogen) atoms. The van der Waals surface area contributed by atoms with Gasteiger partial charge in [0.2, 0.25) is 10.0 Å². The lowest BCUT2D eigenvalue weighted by molar-refractivity contribution is -0.960. The molecule has 0 bridgehead atoms. The minimum Gasteiger partial charge on any atom is -0.497 e. The highest BCUT2D eigenvalue weighted by Gasteiger charge is 2.43. The average molecular weight is 370 g/mol. The summed E-state index contributed by atoms with van der Waals surface area (Å²) in [6.45, 7) is 3.95. The number of sulfonamides is 1. The summed E-state index contributed by atoms with van der Waals surface area (Å²) in [5.41, 5.74) is 0.00156. The number of methoxy groups -OCH3 is 1. The van der Waals surface area contributed by atoms with E-state index >= 15 is 0 Å². The number of nitrogens with one attached hydrogen (secondary N) is 2. The molecule has 0 unspecified atom stereocenters. The molecule has 0 aromatic heterocycles. The van der Waals surface area contributed by atoms with Crippen LogP contribution in [0.15, 0.2) is 29.2 Å². The van der Waals surface area contributed by atoms with Gasteiger partial charge in [-0.2, -0.15) is 0 Å². The van der Waals surface area contributed by atoms with E-state index in [0.717, 1.165) is 39.1 Å². The normalized spacial score (nSPS) is 21.8. The Labute approximate surface area is 150 Å². The van der Waals surface area contributed by atoms with Crippen molar-refractivity contribution in [1.82, 2.24) is 4.72 Å². The molecular weight excluding hydrogens is 340 g/mol. The molecule has 1 aromatic rings. The monoisotopic (exact) mass is 369 g/mol. The molecule has 2 fully saturated rings. The number of ether oxygens (including phenoxy) is 2. The van der Waals surface area contributed by atoms with Crippen LogP contribution in [0.2, 0.25) is 0 Å².